The Morgan fingerprint density at radius 2 is 1.94 bits per heavy atom. The molecule has 2 rings (SSSR count). The number of amides is 2. The van der Waals surface area contributed by atoms with E-state index < -0.39 is 22.0 Å². The maximum atomic E-state index is 13.4. The van der Waals surface area contributed by atoms with Crippen molar-refractivity contribution in [3.05, 3.63) is 24.3 Å². The van der Waals surface area contributed by atoms with E-state index in [-0.39, 0.29) is 30.5 Å². The predicted octanol–water partition coefficient (Wildman–Crippen LogP) is 0.528. The normalized spacial score (nSPS) is 17.1. The summed E-state index contributed by atoms with van der Waals surface area (Å²) in [5, 5.41) is 9.24. The summed E-state index contributed by atoms with van der Waals surface area (Å²) in [5.74, 6) is 4.89. The summed E-state index contributed by atoms with van der Waals surface area (Å²) in [4.78, 5) is 28.6. The van der Waals surface area contributed by atoms with Gasteiger partial charge in [0.05, 0.1) is 4.90 Å². The van der Waals surface area contributed by atoms with Gasteiger partial charge in [-0.25, -0.2) is 13.9 Å². The number of carbonyl (C=O) groups excluding carboxylic acids is 2. The molecule has 1 saturated heterocycles. The molecule has 0 aliphatic carbocycles. The fourth-order valence-corrected chi connectivity index (χ4v) is 5.12. The molecule has 0 saturated carbocycles. The number of hydrogen-bond acceptors (Lipinski definition) is 7. The van der Waals surface area contributed by atoms with Crippen LogP contribution < -0.4 is 10.2 Å². The first-order valence-electron chi connectivity index (χ1n) is 10.7. The zero-order chi connectivity index (χ0) is 24.4. The molecule has 182 valence electrons. The van der Waals surface area contributed by atoms with Gasteiger partial charge in [0.1, 0.15) is 18.4 Å². The van der Waals surface area contributed by atoms with Gasteiger partial charge in [0, 0.05) is 26.1 Å². The largest absolute Gasteiger partial charge is 0.481 e. The molecule has 1 aromatic rings. The highest BCUT2D eigenvalue weighted by Gasteiger charge is 2.39. The molecule has 0 radical (unpaired) electrons. The number of nitrogens with zero attached hydrogens (tertiary/aromatic N) is 3. The third-order valence-corrected chi connectivity index (χ3v) is 7.15. The Bertz CT molecular complexity index is 969. The fourth-order valence-electron chi connectivity index (χ4n) is 3.51. The fraction of sp³-hybridized carbons (Fsp3) is 0.545. The van der Waals surface area contributed by atoms with Crippen molar-refractivity contribution in [3.8, 4) is 17.6 Å². The summed E-state index contributed by atoms with van der Waals surface area (Å²) >= 11 is 0. The summed E-state index contributed by atoms with van der Waals surface area (Å²) in [7, 11) is -0.245. The molecule has 2 N–H and O–H groups in total. The van der Waals surface area contributed by atoms with Gasteiger partial charge < -0.3 is 14.5 Å². The van der Waals surface area contributed by atoms with E-state index in [1.54, 1.807) is 12.4 Å². The number of benzene rings is 1. The quantitative estimate of drug-likeness (QED) is 0.301. The molecular formula is C22H32N4O6S. The molecule has 1 heterocycles. The molecule has 11 heteroatoms. The summed E-state index contributed by atoms with van der Waals surface area (Å²) in [6.07, 6.45) is 1.31. The van der Waals surface area contributed by atoms with Crippen LogP contribution in [0.15, 0.2) is 29.2 Å². The molecule has 0 spiro atoms. The number of ether oxygens (including phenoxy) is 1. The second-order valence-electron chi connectivity index (χ2n) is 7.89. The summed E-state index contributed by atoms with van der Waals surface area (Å²) in [6.45, 7) is 2.84. The standard InChI is InChI=1S/C22H32N4O6S/c1-4-5-16-32-18-9-11-19(12-10-18)33(30,31)26-15-7-14-25(17-20(26)22(28)23-29)21(27)8-6-13-24(2)3/h9-12,20,29H,6-8,13-17H2,1-3H3,(H,23,28). The minimum Gasteiger partial charge on any atom is -0.481 e. The first-order chi connectivity index (χ1) is 15.7. The topological polar surface area (TPSA) is 119 Å². The number of rotatable bonds is 9. The zero-order valence-corrected chi connectivity index (χ0v) is 20.1. The van der Waals surface area contributed by atoms with Crippen molar-refractivity contribution < 1.29 is 28.0 Å². The molecule has 0 bridgehead atoms. The van der Waals surface area contributed by atoms with Crippen molar-refractivity contribution in [3.63, 3.8) is 0 Å². The second-order valence-corrected chi connectivity index (χ2v) is 9.79. The Morgan fingerprint density at radius 3 is 2.55 bits per heavy atom. The van der Waals surface area contributed by atoms with E-state index in [1.807, 2.05) is 19.0 Å². The van der Waals surface area contributed by atoms with Crippen LogP contribution in [-0.2, 0) is 19.6 Å². The highest BCUT2D eigenvalue weighted by atomic mass is 32.2. The van der Waals surface area contributed by atoms with Crippen LogP contribution in [0.4, 0.5) is 0 Å². The van der Waals surface area contributed by atoms with Gasteiger partial charge in [0.2, 0.25) is 15.9 Å². The monoisotopic (exact) mass is 480 g/mol. The van der Waals surface area contributed by atoms with Gasteiger partial charge in [-0.05, 0) is 64.7 Å². The summed E-state index contributed by atoms with van der Waals surface area (Å²) < 4.78 is 33.2. The van der Waals surface area contributed by atoms with Gasteiger partial charge in [-0.2, -0.15) is 4.31 Å². The van der Waals surface area contributed by atoms with Crippen LogP contribution in [-0.4, -0.2) is 92.5 Å². The molecular weight excluding hydrogens is 448 g/mol. The van der Waals surface area contributed by atoms with Gasteiger partial charge >= 0.3 is 0 Å². The highest BCUT2D eigenvalue weighted by Crippen LogP contribution is 2.24. The molecule has 1 aliphatic rings. The van der Waals surface area contributed by atoms with E-state index in [9.17, 15) is 23.2 Å². The lowest BCUT2D eigenvalue weighted by molar-refractivity contribution is -0.136. The lowest BCUT2D eigenvalue weighted by Crippen LogP contribution is -2.53. The average molecular weight is 481 g/mol. The molecule has 1 aliphatic heterocycles. The van der Waals surface area contributed by atoms with Gasteiger partial charge in [-0.3, -0.25) is 14.8 Å². The minimum atomic E-state index is -4.08. The Hall–Kier alpha value is -2.65. The van der Waals surface area contributed by atoms with Crippen LogP contribution >= 0.6 is 0 Å². The van der Waals surface area contributed by atoms with E-state index in [0.717, 1.165) is 10.8 Å². The highest BCUT2D eigenvalue weighted by molar-refractivity contribution is 7.89. The zero-order valence-electron chi connectivity index (χ0n) is 19.3. The Morgan fingerprint density at radius 1 is 1.24 bits per heavy atom. The molecule has 1 atom stereocenters. The van der Waals surface area contributed by atoms with Crippen LogP contribution in [0.25, 0.3) is 0 Å². The van der Waals surface area contributed by atoms with Gasteiger partial charge in [0.15, 0.2) is 0 Å². The molecule has 2 amide bonds. The van der Waals surface area contributed by atoms with E-state index in [2.05, 4.69) is 11.8 Å². The minimum absolute atomic E-state index is 0.0158. The number of sulfonamides is 1. The maximum Gasteiger partial charge on any atom is 0.263 e. The first kappa shape index (κ1) is 26.6. The summed E-state index contributed by atoms with van der Waals surface area (Å²) in [5.41, 5.74) is 1.55. The van der Waals surface area contributed by atoms with E-state index in [1.165, 1.54) is 29.2 Å². The summed E-state index contributed by atoms with van der Waals surface area (Å²) in [6, 6.07) is 4.57. The lowest BCUT2D eigenvalue weighted by atomic mass is 10.2. The van der Waals surface area contributed by atoms with E-state index in [4.69, 9.17) is 4.74 Å². The number of nitrogens with one attached hydrogen (secondary N) is 1. The Balaban J connectivity index is 2.21. The van der Waals surface area contributed by atoms with Crippen molar-refractivity contribution in [1.29, 1.82) is 0 Å². The second kappa shape index (κ2) is 12.6. The number of hydrogen-bond donors (Lipinski definition) is 2. The van der Waals surface area contributed by atoms with Crippen molar-refractivity contribution in [2.45, 2.75) is 37.1 Å². The van der Waals surface area contributed by atoms with Gasteiger partial charge in [0.25, 0.3) is 5.91 Å². The molecule has 10 nitrogen and oxygen atoms in total. The molecule has 1 unspecified atom stereocenters. The van der Waals surface area contributed by atoms with Gasteiger partial charge in [-0.15, -0.1) is 5.92 Å². The molecule has 1 fully saturated rings. The number of carbonyl (C=O) groups is 2. The van der Waals surface area contributed by atoms with E-state index >= 15 is 0 Å². The Kier molecular flexibility index (Phi) is 10.1. The Labute approximate surface area is 195 Å². The smallest absolute Gasteiger partial charge is 0.263 e. The van der Waals surface area contributed by atoms with Crippen LogP contribution in [0.3, 0.4) is 0 Å². The van der Waals surface area contributed by atoms with Crippen molar-refractivity contribution in [2.24, 2.45) is 0 Å². The third kappa shape index (κ3) is 7.43. The molecule has 1 aromatic carbocycles. The maximum absolute atomic E-state index is 13.4. The average Bonchev–Trinajstić information content (AvgIpc) is 3.02. The number of hydroxylamine groups is 1. The van der Waals surface area contributed by atoms with Crippen LogP contribution in [0.1, 0.15) is 26.2 Å². The lowest BCUT2D eigenvalue weighted by Gasteiger charge is -2.29. The van der Waals surface area contributed by atoms with Crippen LogP contribution in [0, 0.1) is 11.8 Å². The van der Waals surface area contributed by atoms with Crippen LogP contribution in [0.5, 0.6) is 5.75 Å². The first-order valence-corrected chi connectivity index (χ1v) is 12.2. The van der Waals surface area contributed by atoms with Crippen LogP contribution in [0.2, 0.25) is 0 Å². The third-order valence-electron chi connectivity index (χ3n) is 5.23. The van der Waals surface area contributed by atoms with Crippen molar-refractivity contribution in [2.75, 3.05) is 46.9 Å². The van der Waals surface area contributed by atoms with E-state index in [0.29, 0.717) is 31.6 Å². The van der Waals surface area contributed by atoms with Crippen molar-refractivity contribution >= 4 is 21.8 Å². The van der Waals surface area contributed by atoms with Crippen molar-refractivity contribution in [1.82, 2.24) is 19.6 Å². The SMILES string of the molecule is CC#CCOc1ccc(S(=O)(=O)N2CCCN(C(=O)CCCN(C)C)CC2C(=O)NO)cc1. The van der Waals surface area contributed by atoms with Gasteiger partial charge in [-0.1, -0.05) is 5.92 Å². The molecule has 33 heavy (non-hydrogen) atoms. The predicted molar refractivity (Wildman–Crippen MR) is 122 cm³/mol. The molecule has 0 aromatic heterocycles.